The van der Waals surface area contributed by atoms with Crippen LogP contribution in [0, 0.1) is 0 Å². The van der Waals surface area contributed by atoms with Crippen LogP contribution in [0.1, 0.15) is 23.6 Å². The number of hydrogen-bond donors (Lipinski definition) is 2. The van der Waals surface area contributed by atoms with Crippen molar-refractivity contribution in [3.8, 4) is 5.75 Å². The summed E-state index contributed by atoms with van der Waals surface area (Å²) in [6.07, 6.45) is 2.37. The number of H-pyrrole nitrogens is 1. The second-order valence-electron chi connectivity index (χ2n) is 7.36. The SMILES string of the molecule is COCCCN1C(=O)C(=O)/C(=C(/O)c2cccc(OC)c2)C1c1c[nH]c2ccccc12. The number of rotatable bonds is 7. The van der Waals surface area contributed by atoms with E-state index in [1.165, 1.54) is 12.0 Å². The molecule has 3 aromatic rings. The normalized spacial score (nSPS) is 18.1. The van der Waals surface area contributed by atoms with Crippen LogP contribution in [-0.2, 0) is 14.3 Å². The number of ether oxygens (including phenoxy) is 2. The van der Waals surface area contributed by atoms with Crippen LogP contribution >= 0.6 is 0 Å². The van der Waals surface area contributed by atoms with Gasteiger partial charge in [0.15, 0.2) is 0 Å². The first-order valence-electron chi connectivity index (χ1n) is 10.0. The van der Waals surface area contributed by atoms with Crippen LogP contribution in [0.2, 0.25) is 0 Å². The van der Waals surface area contributed by atoms with Crippen molar-refractivity contribution in [2.45, 2.75) is 12.5 Å². The van der Waals surface area contributed by atoms with Gasteiger partial charge >= 0.3 is 0 Å². The lowest BCUT2D eigenvalue weighted by Crippen LogP contribution is -2.31. The van der Waals surface area contributed by atoms with Crippen LogP contribution in [0.4, 0.5) is 0 Å². The smallest absolute Gasteiger partial charge is 0.295 e. The Morgan fingerprint density at radius 1 is 1.13 bits per heavy atom. The third-order valence-electron chi connectivity index (χ3n) is 5.55. The molecular formula is C24H24N2O5. The molecule has 0 bridgehead atoms. The number of aromatic nitrogens is 1. The van der Waals surface area contributed by atoms with Crippen molar-refractivity contribution >= 4 is 28.4 Å². The molecule has 160 valence electrons. The van der Waals surface area contributed by atoms with Crippen LogP contribution in [0.25, 0.3) is 16.7 Å². The summed E-state index contributed by atoms with van der Waals surface area (Å²) in [5, 5.41) is 12.0. The molecule has 2 N–H and O–H groups in total. The molecule has 0 aliphatic carbocycles. The van der Waals surface area contributed by atoms with Gasteiger partial charge in [0.25, 0.3) is 11.7 Å². The van der Waals surface area contributed by atoms with Crippen molar-refractivity contribution in [3.63, 3.8) is 0 Å². The number of aliphatic hydroxyl groups excluding tert-OH is 1. The summed E-state index contributed by atoms with van der Waals surface area (Å²) in [6, 6.07) is 13.8. The lowest BCUT2D eigenvalue weighted by Gasteiger charge is -2.24. The highest BCUT2D eigenvalue weighted by atomic mass is 16.5. The molecule has 0 saturated carbocycles. The van der Waals surface area contributed by atoms with Crippen LogP contribution < -0.4 is 4.74 Å². The summed E-state index contributed by atoms with van der Waals surface area (Å²) in [6.45, 7) is 0.789. The topological polar surface area (TPSA) is 91.9 Å². The molecule has 1 aliphatic rings. The fraction of sp³-hybridized carbons (Fsp3) is 0.250. The molecule has 1 aromatic heterocycles. The summed E-state index contributed by atoms with van der Waals surface area (Å²) in [4.78, 5) is 30.8. The number of ketones is 1. The molecule has 0 spiro atoms. The van der Waals surface area contributed by atoms with E-state index < -0.39 is 17.7 Å². The molecule has 1 saturated heterocycles. The van der Waals surface area contributed by atoms with Crippen molar-refractivity contribution in [1.82, 2.24) is 9.88 Å². The average Bonchev–Trinajstić information content (AvgIpc) is 3.33. The van der Waals surface area contributed by atoms with Gasteiger partial charge in [-0.15, -0.1) is 0 Å². The average molecular weight is 420 g/mol. The van der Waals surface area contributed by atoms with Crippen molar-refractivity contribution < 1.29 is 24.2 Å². The third kappa shape index (κ3) is 3.68. The van der Waals surface area contributed by atoms with Gasteiger partial charge in [-0.1, -0.05) is 30.3 Å². The van der Waals surface area contributed by atoms with E-state index in [1.54, 1.807) is 37.6 Å². The Hall–Kier alpha value is -3.58. The van der Waals surface area contributed by atoms with E-state index in [9.17, 15) is 14.7 Å². The Morgan fingerprint density at radius 2 is 1.94 bits per heavy atom. The second-order valence-corrected chi connectivity index (χ2v) is 7.36. The Morgan fingerprint density at radius 3 is 2.71 bits per heavy atom. The molecule has 2 aromatic carbocycles. The van der Waals surface area contributed by atoms with Crippen molar-refractivity contribution in [2.75, 3.05) is 27.4 Å². The monoisotopic (exact) mass is 420 g/mol. The highest BCUT2D eigenvalue weighted by Crippen LogP contribution is 2.42. The fourth-order valence-corrected chi connectivity index (χ4v) is 4.06. The standard InChI is InChI=1S/C24H24N2O5/c1-30-12-6-11-26-21(18-14-25-19-10-4-3-9-17(18)19)20(23(28)24(26)29)22(27)15-7-5-8-16(13-15)31-2/h3-5,7-10,13-14,21,25,27H,6,11-12H2,1-2H3/b22-20+. The minimum Gasteiger partial charge on any atom is -0.507 e. The van der Waals surface area contributed by atoms with Crippen LogP contribution in [0.5, 0.6) is 5.75 Å². The number of nitrogens with one attached hydrogen (secondary N) is 1. The van der Waals surface area contributed by atoms with Gasteiger partial charge in [-0.25, -0.2) is 0 Å². The van der Waals surface area contributed by atoms with E-state index in [4.69, 9.17) is 9.47 Å². The quantitative estimate of drug-likeness (QED) is 0.264. The predicted octanol–water partition coefficient (Wildman–Crippen LogP) is 3.63. The number of para-hydroxylation sites is 1. The van der Waals surface area contributed by atoms with Gasteiger partial charge in [0.05, 0.1) is 18.7 Å². The minimum absolute atomic E-state index is 0.0698. The second kappa shape index (κ2) is 8.65. The Balaban J connectivity index is 1.89. The largest absolute Gasteiger partial charge is 0.507 e. The van der Waals surface area contributed by atoms with Crippen molar-refractivity contribution in [3.05, 3.63) is 71.4 Å². The summed E-state index contributed by atoms with van der Waals surface area (Å²) in [7, 11) is 3.12. The van der Waals surface area contributed by atoms with E-state index >= 15 is 0 Å². The van der Waals surface area contributed by atoms with Gasteiger partial charge in [0, 0.05) is 48.5 Å². The molecule has 0 radical (unpaired) electrons. The number of aromatic amines is 1. The van der Waals surface area contributed by atoms with E-state index in [2.05, 4.69) is 4.98 Å². The lowest BCUT2D eigenvalue weighted by molar-refractivity contribution is -0.140. The molecular weight excluding hydrogens is 396 g/mol. The fourth-order valence-electron chi connectivity index (χ4n) is 4.06. The first-order valence-corrected chi connectivity index (χ1v) is 10.0. The number of carbonyl (C=O) groups is 2. The summed E-state index contributed by atoms with van der Waals surface area (Å²) < 4.78 is 10.4. The molecule has 1 unspecified atom stereocenters. The summed E-state index contributed by atoms with van der Waals surface area (Å²) >= 11 is 0. The summed E-state index contributed by atoms with van der Waals surface area (Å²) in [5.41, 5.74) is 2.14. The summed E-state index contributed by atoms with van der Waals surface area (Å²) in [5.74, 6) is -1.01. The van der Waals surface area contributed by atoms with E-state index in [1.807, 2.05) is 24.3 Å². The lowest BCUT2D eigenvalue weighted by atomic mass is 9.95. The first-order chi connectivity index (χ1) is 15.1. The maximum atomic E-state index is 13.1. The molecule has 4 rings (SSSR count). The molecule has 31 heavy (non-hydrogen) atoms. The molecule has 7 heteroatoms. The van der Waals surface area contributed by atoms with Crippen LogP contribution in [-0.4, -0.2) is 54.1 Å². The predicted molar refractivity (Wildman–Crippen MR) is 117 cm³/mol. The maximum Gasteiger partial charge on any atom is 0.295 e. The number of nitrogens with zero attached hydrogens (tertiary/aromatic N) is 1. The molecule has 2 heterocycles. The Bertz CT molecular complexity index is 1160. The van der Waals surface area contributed by atoms with Gasteiger partial charge < -0.3 is 24.5 Å². The first kappa shape index (κ1) is 20.7. The number of fused-ring (bicyclic) bond motifs is 1. The number of methoxy groups -OCH3 is 2. The molecule has 7 nitrogen and oxygen atoms in total. The Kier molecular flexibility index (Phi) is 5.77. The van der Waals surface area contributed by atoms with Crippen molar-refractivity contribution in [1.29, 1.82) is 0 Å². The number of hydrogen-bond acceptors (Lipinski definition) is 5. The molecule has 1 aliphatic heterocycles. The van der Waals surface area contributed by atoms with Gasteiger partial charge in [-0.2, -0.15) is 0 Å². The van der Waals surface area contributed by atoms with Gasteiger partial charge in [-0.3, -0.25) is 9.59 Å². The number of likely N-dealkylation sites (tertiary alicyclic amines) is 1. The zero-order chi connectivity index (χ0) is 22.0. The molecule has 1 atom stereocenters. The highest BCUT2D eigenvalue weighted by molar-refractivity contribution is 6.46. The highest BCUT2D eigenvalue weighted by Gasteiger charge is 2.46. The zero-order valence-electron chi connectivity index (χ0n) is 17.4. The van der Waals surface area contributed by atoms with Crippen molar-refractivity contribution in [2.24, 2.45) is 0 Å². The van der Waals surface area contributed by atoms with Gasteiger partial charge in [-0.05, 0) is 24.6 Å². The Labute approximate surface area is 179 Å². The van der Waals surface area contributed by atoms with Gasteiger partial charge in [0.2, 0.25) is 0 Å². The van der Waals surface area contributed by atoms with Crippen LogP contribution in [0.15, 0.2) is 60.3 Å². The van der Waals surface area contributed by atoms with E-state index in [0.717, 1.165) is 16.5 Å². The number of carbonyl (C=O) groups excluding carboxylic acids is 2. The van der Waals surface area contributed by atoms with Gasteiger partial charge in [0.1, 0.15) is 11.5 Å². The number of Topliss-reactive ketones (excluding diaryl/α,β-unsaturated/α-hetero) is 1. The molecule has 1 fully saturated rings. The molecule has 1 amide bonds. The van der Waals surface area contributed by atoms with Crippen LogP contribution in [0.3, 0.4) is 0 Å². The maximum absolute atomic E-state index is 13.1. The zero-order valence-corrected chi connectivity index (χ0v) is 17.4. The minimum atomic E-state index is -0.709. The van der Waals surface area contributed by atoms with E-state index in [-0.39, 0.29) is 11.3 Å². The number of aliphatic hydroxyl groups is 1. The number of benzene rings is 2. The number of amides is 1. The van der Waals surface area contributed by atoms with E-state index in [0.29, 0.717) is 30.9 Å². The third-order valence-corrected chi connectivity index (χ3v) is 5.55.